The fourth-order valence-electron chi connectivity index (χ4n) is 2.49. The number of benzene rings is 1. The summed E-state index contributed by atoms with van der Waals surface area (Å²) >= 11 is 5.84. The number of halogens is 1. The zero-order valence-electron chi connectivity index (χ0n) is 12.1. The Morgan fingerprint density at radius 3 is 2.75 bits per heavy atom. The van der Waals surface area contributed by atoms with Gasteiger partial charge in [0.25, 0.3) is 0 Å². The van der Waals surface area contributed by atoms with Gasteiger partial charge in [0.05, 0.1) is 0 Å². The lowest BCUT2D eigenvalue weighted by Gasteiger charge is -2.25. The van der Waals surface area contributed by atoms with E-state index in [0.717, 1.165) is 31.6 Å². The Hall–Kier alpha value is -1.26. The van der Waals surface area contributed by atoms with Crippen LogP contribution >= 0.6 is 11.6 Å². The zero-order chi connectivity index (χ0) is 14.5. The second kappa shape index (κ2) is 6.95. The summed E-state index contributed by atoms with van der Waals surface area (Å²) in [7, 11) is 1.88. The van der Waals surface area contributed by atoms with Crippen LogP contribution in [0, 0.1) is 0 Å². The van der Waals surface area contributed by atoms with Gasteiger partial charge in [-0.1, -0.05) is 30.7 Å². The van der Waals surface area contributed by atoms with E-state index in [1.54, 1.807) is 0 Å². The highest BCUT2D eigenvalue weighted by Crippen LogP contribution is 2.14. The number of urea groups is 1. The highest BCUT2D eigenvalue weighted by Gasteiger charge is 2.27. The number of likely N-dealkylation sites (N-methyl/N-ethyl adjacent to an activating group) is 2. The molecule has 1 unspecified atom stereocenters. The molecule has 1 heterocycles. The number of carbonyl (C=O) groups is 1. The SMILES string of the molecule is CCN1CCC(N(C)C(=O)NCc2ccc(Cl)cc2)C1. The molecule has 0 aliphatic carbocycles. The first-order valence-electron chi connectivity index (χ1n) is 7.07. The van der Waals surface area contributed by atoms with Crippen LogP contribution in [0.25, 0.3) is 0 Å². The fourth-order valence-corrected chi connectivity index (χ4v) is 2.61. The molecule has 110 valence electrons. The average molecular weight is 296 g/mol. The summed E-state index contributed by atoms with van der Waals surface area (Å²) in [4.78, 5) is 16.3. The Morgan fingerprint density at radius 1 is 1.45 bits per heavy atom. The topological polar surface area (TPSA) is 35.6 Å². The molecule has 20 heavy (non-hydrogen) atoms. The summed E-state index contributed by atoms with van der Waals surface area (Å²) in [6.07, 6.45) is 1.05. The molecule has 5 heteroatoms. The van der Waals surface area contributed by atoms with Crippen molar-refractivity contribution in [1.82, 2.24) is 15.1 Å². The summed E-state index contributed by atoms with van der Waals surface area (Å²) in [6, 6.07) is 7.84. The molecular weight excluding hydrogens is 274 g/mol. The van der Waals surface area contributed by atoms with Crippen LogP contribution in [0.3, 0.4) is 0 Å². The minimum atomic E-state index is -0.0112. The molecule has 0 saturated carbocycles. The third-order valence-electron chi connectivity index (χ3n) is 3.92. The molecule has 1 fully saturated rings. The molecule has 1 aliphatic heterocycles. The molecule has 2 rings (SSSR count). The Labute approximate surface area is 125 Å². The van der Waals surface area contributed by atoms with Gasteiger partial charge in [-0.05, 0) is 30.7 Å². The first-order chi connectivity index (χ1) is 9.60. The predicted octanol–water partition coefficient (Wildman–Crippen LogP) is 2.58. The molecule has 1 N–H and O–H groups in total. The van der Waals surface area contributed by atoms with Crippen molar-refractivity contribution in [3.8, 4) is 0 Å². The van der Waals surface area contributed by atoms with Gasteiger partial charge in [-0.2, -0.15) is 0 Å². The largest absolute Gasteiger partial charge is 0.334 e. The summed E-state index contributed by atoms with van der Waals surface area (Å²) in [5.74, 6) is 0. The van der Waals surface area contributed by atoms with Crippen LogP contribution < -0.4 is 5.32 Å². The van der Waals surface area contributed by atoms with E-state index in [1.807, 2.05) is 36.2 Å². The molecular formula is C15H22ClN3O. The molecule has 0 aromatic heterocycles. The maximum absolute atomic E-state index is 12.1. The fraction of sp³-hybridized carbons (Fsp3) is 0.533. The van der Waals surface area contributed by atoms with Crippen LogP contribution in [0.15, 0.2) is 24.3 Å². The Kier molecular flexibility index (Phi) is 5.26. The highest BCUT2D eigenvalue weighted by atomic mass is 35.5. The molecule has 1 aromatic rings. The van der Waals surface area contributed by atoms with Crippen molar-refractivity contribution in [2.75, 3.05) is 26.7 Å². The maximum Gasteiger partial charge on any atom is 0.317 e. The Bertz CT molecular complexity index is 449. The quantitative estimate of drug-likeness (QED) is 0.927. The molecule has 0 radical (unpaired) electrons. The summed E-state index contributed by atoms with van der Waals surface area (Å²) in [5.41, 5.74) is 1.05. The van der Waals surface area contributed by atoms with Crippen molar-refractivity contribution in [2.24, 2.45) is 0 Å². The number of nitrogens with zero attached hydrogens (tertiary/aromatic N) is 2. The number of amides is 2. The van der Waals surface area contributed by atoms with Crippen LogP contribution in [0.1, 0.15) is 18.9 Å². The maximum atomic E-state index is 12.1. The van der Waals surface area contributed by atoms with Gasteiger partial charge in [-0.25, -0.2) is 4.79 Å². The second-order valence-corrected chi connectivity index (χ2v) is 5.67. The highest BCUT2D eigenvalue weighted by molar-refractivity contribution is 6.30. The van der Waals surface area contributed by atoms with Crippen LogP contribution in [0.4, 0.5) is 4.79 Å². The average Bonchev–Trinajstić information content (AvgIpc) is 2.94. The predicted molar refractivity (Wildman–Crippen MR) is 82.0 cm³/mol. The molecule has 0 bridgehead atoms. The molecule has 1 atom stereocenters. The van der Waals surface area contributed by atoms with Crippen molar-refractivity contribution in [3.63, 3.8) is 0 Å². The van der Waals surface area contributed by atoms with E-state index in [2.05, 4.69) is 17.1 Å². The van der Waals surface area contributed by atoms with Crippen LogP contribution in [-0.4, -0.2) is 48.6 Å². The normalized spacial score (nSPS) is 19.1. The van der Waals surface area contributed by atoms with Crippen molar-refractivity contribution < 1.29 is 4.79 Å². The van der Waals surface area contributed by atoms with Gasteiger partial charge in [-0.3, -0.25) is 0 Å². The van der Waals surface area contributed by atoms with E-state index in [-0.39, 0.29) is 6.03 Å². The number of hydrogen-bond donors (Lipinski definition) is 1. The lowest BCUT2D eigenvalue weighted by Crippen LogP contribution is -2.44. The first-order valence-corrected chi connectivity index (χ1v) is 7.45. The van der Waals surface area contributed by atoms with Crippen molar-refractivity contribution >= 4 is 17.6 Å². The second-order valence-electron chi connectivity index (χ2n) is 5.23. The lowest BCUT2D eigenvalue weighted by molar-refractivity contribution is 0.189. The number of likely N-dealkylation sites (tertiary alicyclic amines) is 1. The van der Waals surface area contributed by atoms with E-state index in [0.29, 0.717) is 17.6 Å². The summed E-state index contributed by atoms with van der Waals surface area (Å²) < 4.78 is 0. The molecule has 1 aromatic carbocycles. The Morgan fingerprint density at radius 2 is 2.15 bits per heavy atom. The van der Waals surface area contributed by atoms with Gasteiger partial charge >= 0.3 is 6.03 Å². The van der Waals surface area contributed by atoms with E-state index >= 15 is 0 Å². The van der Waals surface area contributed by atoms with Crippen molar-refractivity contribution in [3.05, 3.63) is 34.9 Å². The first kappa shape index (κ1) is 15.1. The van der Waals surface area contributed by atoms with Gasteiger partial charge in [0.2, 0.25) is 0 Å². The van der Waals surface area contributed by atoms with E-state index in [9.17, 15) is 4.79 Å². The summed E-state index contributed by atoms with van der Waals surface area (Å²) in [6.45, 7) is 5.79. The number of carbonyl (C=O) groups excluding carboxylic acids is 1. The molecule has 1 aliphatic rings. The van der Waals surface area contributed by atoms with Gasteiger partial charge in [-0.15, -0.1) is 0 Å². The zero-order valence-corrected chi connectivity index (χ0v) is 12.9. The third-order valence-corrected chi connectivity index (χ3v) is 4.17. The smallest absolute Gasteiger partial charge is 0.317 e. The van der Waals surface area contributed by atoms with Crippen LogP contribution in [0.5, 0.6) is 0 Å². The molecule has 4 nitrogen and oxygen atoms in total. The van der Waals surface area contributed by atoms with E-state index in [1.165, 1.54) is 0 Å². The van der Waals surface area contributed by atoms with Crippen molar-refractivity contribution in [2.45, 2.75) is 25.9 Å². The number of nitrogens with one attached hydrogen (secondary N) is 1. The number of hydrogen-bond acceptors (Lipinski definition) is 2. The van der Waals surface area contributed by atoms with Gasteiger partial charge < -0.3 is 15.1 Å². The van der Waals surface area contributed by atoms with Gasteiger partial charge in [0.15, 0.2) is 0 Å². The third kappa shape index (κ3) is 3.87. The number of rotatable bonds is 4. The lowest BCUT2D eigenvalue weighted by atomic mass is 10.2. The van der Waals surface area contributed by atoms with Gasteiger partial charge in [0.1, 0.15) is 0 Å². The minimum Gasteiger partial charge on any atom is -0.334 e. The van der Waals surface area contributed by atoms with E-state index < -0.39 is 0 Å². The van der Waals surface area contributed by atoms with E-state index in [4.69, 9.17) is 11.6 Å². The van der Waals surface area contributed by atoms with Crippen molar-refractivity contribution in [1.29, 1.82) is 0 Å². The molecule has 1 saturated heterocycles. The standard InChI is InChI=1S/C15H22ClN3O/c1-3-19-9-8-14(11-19)18(2)15(20)17-10-12-4-6-13(16)7-5-12/h4-7,14H,3,8-11H2,1-2H3,(H,17,20). The van der Waals surface area contributed by atoms with Gasteiger partial charge in [0, 0.05) is 37.7 Å². The monoisotopic (exact) mass is 295 g/mol. The van der Waals surface area contributed by atoms with Crippen LogP contribution in [0.2, 0.25) is 5.02 Å². The molecule has 0 spiro atoms. The molecule has 2 amide bonds. The Balaban J connectivity index is 1.81. The van der Waals surface area contributed by atoms with Crippen LogP contribution in [-0.2, 0) is 6.54 Å². The summed E-state index contributed by atoms with van der Waals surface area (Å²) in [5, 5.41) is 3.66. The minimum absolute atomic E-state index is 0.0112.